The Morgan fingerprint density at radius 1 is 1.32 bits per heavy atom. The van der Waals surface area contributed by atoms with Crippen LogP contribution in [-0.2, 0) is 24.3 Å². The number of aryl methyl sites for hydroxylation is 1. The van der Waals surface area contributed by atoms with Crippen LogP contribution in [0, 0.1) is 19.8 Å². The number of hydrogen-bond donors (Lipinski definition) is 0. The van der Waals surface area contributed by atoms with Crippen molar-refractivity contribution in [2.75, 3.05) is 13.1 Å². The van der Waals surface area contributed by atoms with E-state index in [1.165, 1.54) is 11.3 Å². The van der Waals surface area contributed by atoms with Crippen LogP contribution in [0.5, 0.6) is 0 Å². The minimum Gasteiger partial charge on any atom is -0.340 e. The van der Waals surface area contributed by atoms with Crippen LogP contribution in [-0.4, -0.2) is 43.2 Å². The summed E-state index contributed by atoms with van der Waals surface area (Å²) in [6, 6.07) is 1.82. The van der Waals surface area contributed by atoms with Crippen molar-refractivity contribution in [1.82, 2.24) is 24.2 Å². The van der Waals surface area contributed by atoms with Crippen LogP contribution < -0.4 is 5.56 Å². The maximum absolute atomic E-state index is 13.0. The molecule has 0 radical (unpaired) electrons. The lowest BCUT2D eigenvalue weighted by Gasteiger charge is -2.24. The quantitative estimate of drug-likeness (QED) is 0.654. The topological polar surface area (TPSA) is 73.0 Å². The monoisotopic (exact) mass is 419 g/mol. The van der Waals surface area contributed by atoms with E-state index in [4.69, 9.17) is 11.6 Å². The molecule has 0 aliphatic carbocycles. The summed E-state index contributed by atoms with van der Waals surface area (Å²) in [5.41, 5.74) is 1.63. The molecule has 9 heteroatoms. The highest BCUT2D eigenvalue weighted by Crippen LogP contribution is 2.21. The number of rotatable bonds is 3. The lowest BCUT2D eigenvalue weighted by atomic mass is 10.1. The molecule has 7 nitrogen and oxygen atoms in total. The molecule has 0 spiro atoms. The van der Waals surface area contributed by atoms with Gasteiger partial charge in [-0.2, -0.15) is 5.10 Å². The number of aromatic nitrogens is 4. The van der Waals surface area contributed by atoms with Gasteiger partial charge in [-0.1, -0.05) is 18.5 Å². The maximum atomic E-state index is 13.0. The number of fused-ring (bicyclic) bond motifs is 2. The molecule has 3 aromatic rings. The van der Waals surface area contributed by atoms with Gasteiger partial charge in [-0.25, -0.2) is 4.98 Å². The van der Waals surface area contributed by atoms with Crippen LogP contribution in [0.1, 0.15) is 24.1 Å². The number of halogens is 1. The van der Waals surface area contributed by atoms with E-state index in [0.29, 0.717) is 43.0 Å². The van der Waals surface area contributed by atoms with Crippen molar-refractivity contribution in [3.05, 3.63) is 44.0 Å². The fourth-order valence-corrected chi connectivity index (χ4v) is 4.61. The second kappa shape index (κ2) is 7.33. The van der Waals surface area contributed by atoms with Gasteiger partial charge in [0.1, 0.15) is 10.7 Å². The van der Waals surface area contributed by atoms with E-state index in [1.54, 1.807) is 9.25 Å². The Hall–Kier alpha value is -2.19. The highest BCUT2D eigenvalue weighted by Gasteiger charge is 2.25. The molecule has 0 N–H and O–H groups in total. The molecule has 1 aliphatic heterocycles. The summed E-state index contributed by atoms with van der Waals surface area (Å²) in [5, 5.41) is 7.62. The van der Waals surface area contributed by atoms with Gasteiger partial charge in [-0.3, -0.25) is 18.8 Å². The molecule has 0 unspecified atom stereocenters. The highest BCUT2D eigenvalue weighted by atomic mass is 35.5. The normalized spacial score (nSPS) is 15.5. The molecule has 1 aliphatic rings. The zero-order chi connectivity index (χ0) is 20.0. The summed E-state index contributed by atoms with van der Waals surface area (Å²) >= 11 is 7.69. The highest BCUT2D eigenvalue weighted by molar-refractivity contribution is 7.16. The lowest BCUT2D eigenvalue weighted by molar-refractivity contribution is -0.135. The van der Waals surface area contributed by atoms with Gasteiger partial charge in [0, 0.05) is 26.1 Å². The summed E-state index contributed by atoms with van der Waals surface area (Å²) in [4.78, 5) is 33.0. The van der Waals surface area contributed by atoms with E-state index in [9.17, 15) is 9.59 Å². The Labute approximate surface area is 171 Å². The largest absolute Gasteiger partial charge is 0.340 e. The Bertz CT molecular complexity index is 1120. The standard InChI is InChI=1S/C19H22ClN5O2S/c1-11(10-25-13(3)16(20)12(2)22-25)18(26)23-6-4-15-21-17-14(5-9-28-17)19(27)24(15)8-7-23/h5,9,11H,4,6-8,10H2,1-3H3/t11-/m1/s1. The van der Waals surface area contributed by atoms with E-state index in [0.717, 1.165) is 22.0 Å². The number of nitrogens with zero attached hydrogens (tertiary/aromatic N) is 5. The summed E-state index contributed by atoms with van der Waals surface area (Å²) in [6.45, 7) is 7.69. The Balaban J connectivity index is 1.50. The number of carbonyl (C=O) groups excluding carboxylic acids is 1. The zero-order valence-electron chi connectivity index (χ0n) is 16.1. The van der Waals surface area contributed by atoms with Crippen LogP contribution in [0.4, 0.5) is 0 Å². The fourth-order valence-electron chi connectivity index (χ4n) is 3.70. The van der Waals surface area contributed by atoms with Gasteiger partial charge in [0.25, 0.3) is 5.56 Å². The summed E-state index contributed by atoms with van der Waals surface area (Å²) in [6.07, 6.45) is 0.577. The number of carbonyl (C=O) groups is 1. The van der Waals surface area contributed by atoms with Crippen LogP contribution in [0.2, 0.25) is 5.02 Å². The van der Waals surface area contributed by atoms with E-state index >= 15 is 0 Å². The van der Waals surface area contributed by atoms with Crippen molar-refractivity contribution in [3.63, 3.8) is 0 Å². The minimum absolute atomic E-state index is 0.0131. The maximum Gasteiger partial charge on any atom is 0.262 e. The molecule has 148 valence electrons. The number of thiophene rings is 1. The van der Waals surface area contributed by atoms with Gasteiger partial charge >= 0.3 is 0 Å². The first-order valence-electron chi connectivity index (χ1n) is 9.32. The Morgan fingerprint density at radius 2 is 2.11 bits per heavy atom. The first-order chi connectivity index (χ1) is 13.4. The van der Waals surface area contributed by atoms with E-state index < -0.39 is 0 Å². The van der Waals surface area contributed by atoms with E-state index in [-0.39, 0.29) is 17.4 Å². The van der Waals surface area contributed by atoms with Crippen molar-refractivity contribution in [2.24, 2.45) is 5.92 Å². The number of hydrogen-bond acceptors (Lipinski definition) is 5. The van der Waals surface area contributed by atoms with E-state index in [1.807, 2.05) is 37.1 Å². The van der Waals surface area contributed by atoms with Gasteiger partial charge in [-0.05, 0) is 25.3 Å². The summed E-state index contributed by atoms with van der Waals surface area (Å²) in [7, 11) is 0. The summed E-state index contributed by atoms with van der Waals surface area (Å²) in [5.74, 6) is 0.586. The molecule has 4 heterocycles. The van der Waals surface area contributed by atoms with Crippen LogP contribution in [0.3, 0.4) is 0 Å². The Kier molecular flexibility index (Phi) is 5.01. The van der Waals surface area contributed by atoms with Crippen molar-refractivity contribution in [1.29, 1.82) is 0 Å². The van der Waals surface area contributed by atoms with E-state index in [2.05, 4.69) is 10.1 Å². The molecular formula is C19H22ClN5O2S. The third-order valence-corrected chi connectivity index (χ3v) is 6.69. The second-order valence-corrected chi connectivity index (χ2v) is 8.54. The Morgan fingerprint density at radius 3 is 2.82 bits per heavy atom. The van der Waals surface area contributed by atoms with Gasteiger partial charge in [0.2, 0.25) is 5.91 Å². The molecule has 0 aromatic carbocycles. The van der Waals surface area contributed by atoms with Crippen molar-refractivity contribution in [3.8, 4) is 0 Å². The molecule has 3 aromatic heterocycles. The van der Waals surface area contributed by atoms with Crippen LogP contribution in [0.25, 0.3) is 10.2 Å². The fraction of sp³-hybridized carbons (Fsp3) is 0.474. The predicted molar refractivity (Wildman–Crippen MR) is 110 cm³/mol. The smallest absolute Gasteiger partial charge is 0.262 e. The number of amides is 1. The molecule has 0 fully saturated rings. The predicted octanol–water partition coefficient (Wildman–Crippen LogP) is 2.65. The third-order valence-electron chi connectivity index (χ3n) is 5.33. The first kappa shape index (κ1) is 19.1. The van der Waals surface area contributed by atoms with Gasteiger partial charge in [0.05, 0.1) is 34.3 Å². The molecular weight excluding hydrogens is 398 g/mol. The third kappa shape index (κ3) is 3.24. The van der Waals surface area contributed by atoms with Crippen molar-refractivity contribution in [2.45, 2.75) is 40.3 Å². The molecule has 0 bridgehead atoms. The average molecular weight is 420 g/mol. The molecule has 0 saturated heterocycles. The van der Waals surface area contributed by atoms with Crippen LogP contribution in [0.15, 0.2) is 16.2 Å². The SMILES string of the molecule is Cc1nn(C[C@@H](C)C(=O)N2CCc3nc4sccc4c(=O)n3CC2)c(C)c1Cl. The summed E-state index contributed by atoms with van der Waals surface area (Å²) < 4.78 is 3.51. The van der Waals surface area contributed by atoms with Gasteiger partial charge in [-0.15, -0.1) is 11.3 Å². The van der Waals surface area contributed by atoms with Crippen molar-refractivity contribution < 1.29 is 4.79 Å². The average Bonchev–Trinajstić information content (AvgIpc) is 3.15. The molecule has 4 rings (SSSR count). The van der Waals surface area contributed by atoms with Gasteiger partial charge in [0.15, 0.2) is 0 Å². The molecule has 0 saturated carbocycles. The molecule has 28 heavy (non-hydrogen) atoms. The van der Waals surface area contributed by atoms with Crippen molar-refractivity contribution >= 4 is 39.1 Å². The second-order valence-electron chi connectivity index (χ2n) is 7.27. The molecule has 1 amide bonds. The minimum atomic E-state index is -0.233. The molecule has 1 atom stereocenters. The van der Waals surface area contributed by atoms with Crippen LogP contribution >= 0.6 is 22.9 Å². The zero-order valence-corrected chi connectivity index (χ0v) is 17.7. The first-order valence-corrected chi connectivity index (χ1v) is 10.6. The van der Waals surface area contributed by atoms with Gasteiger partial charge < -0.3 is 4.90 Å². The lowest BCUT2D eigenvalue weighted by Crippen LogP contribution is -2.39.